The number of hydrogen-bond acceptors (Lipinski definition) is 4. The molecular weight excluding hydrogens is 286 g/mol. The van der Waals surface area contributed by atoms with Gasteiger partial charge in [0.2, 0.25) is 0 Å². The van der Waals surface area contributed by atoms with Crippen molar-refractivity contribution in [1.29, 1.82) is 0 Å². The molecule has 2 aromatic rings. The lowest BCUT2D eigenvalue weighted by Crippen LogP contribution is -1.92. The van der Waals surface area contributed by atoms with E-state index in [1.807, 2.05) is 0 Å². The van der Waals surface area contributed by atoms with Crippen molar-refractivity contribution in [2.75, 3.05) is 0 Å². The van der Waals surface area contributed by atoms with E-state index in [0.717, 1.165) is 0 Å². The number of aliphatic hydroxyl groups excluding tert-OH is 1. The molecule has 0 heterocycles. The fourth-order valence-electron chi connectivity index (χ4n) is 1.57. The molecule has 0 aliphatic carbocycles. The van der Waals surface area contributed by atoms with Gasteiger partial charge in [0.1, 0.15) is 0 Å². The van der Waals surface area contributed by atoms with Crippen molar-refractivity contribution >= 4 is 29.1 Å². The molecule has 0 aliphatic rings. The first-order valence-electron chi connectivity index (χ1n) is 5.42. The van der Waals surface area contributed by atoms with Gasteiger partial charge in [0.05, 0.1) is 16.4 Å². The average Bonchev–Trinajstić information content (AvgIpc) is 2.39. The predicted molar refractivity (Wildman–Crippen MR) is 74.6 cm³/mol. The zero-order valence-electron chi connectivity index (χ0n) is 9.75. The molecule has 98 valence electrons. The Morgan fingerprint density at radius 1 is 1.21 bits per heavy atom. The summed E-state index contributed by atoms with van der Waals surface area (Å²) in [5.74, 6) is 0. The van der Waals surface area contributed by atoms with Gasteiger partial charge in [-0.2, -0.15) is 0 Å². The van der Waals surface area contributed by atoms with Gasteiger partial charge in [0.15, 0.2) is 0 Å². The zero-order valence-corrected chi connectivity index (χ0v) is 11.3. The van der Waals surface area contributed by atoms with Crippen LogP contribution < -0.4 is 0 Å². The Hall–Kier alpha value is -1.56. The minimum Gasteiger partial charge on any atom is -0.392 e. The lowest BCUT2D eigenvalue weighted by molar-refractivity contribution is -0.387. The summed E-state index contributed by atoms with van der Waals surface area (Å²) in [4.78, 5) is 11.8. The third-order valence-electron chi connectivity index (χ3n) is 2.48. The van der Waals surface area contributed by atoms with Crippen LogP contribution in [0.5, 0.6) is 0 Å². The van der Waals surface area contributed by atoms with E-state index in [1.54, 1.807) is 36.4 Å². The van der Waals surface area contributed by atoms with Crippen LogP contribution in [0, 0.1) is 10.1 Å². The van der Waals surface area contributed by atoms with E-state index < -0.39 is 4.92 Å². The molecule has 2 rings (SSSR count). The molecule has 19 heavy (non-hydrogen) atoms. The van der Waals surface area contributed by atoms with Gasteiger partial charge in [-0.05, 0) is 23.8 Å². The van der Waals surface area contributed by atoms with E-state index >= 15 is 0 Å². The Kier molecular flexibility index (Phi) is 4.42. The monoisotopic (exact) mass is 295 g/mol. The highest BCUT2D eigenvalue weighted by molar-refractivity contribution is 7.99. The minimum absolute atomic E-state index is 0.0383. The Balaban J connectivity index is 2.41. The van der Waals surface area contributed by atoms with E-state index in [-0.39, 0.29) is 12.3 Å². The molecule has 0 aromatic heterocycles. The van der Waals surface area contributed by atoms with Crippen LogP contribution in [-0.2, 0) is 6.61 Å². The van der Waals surface area contributed by atoms with Crippen molar-refractivity contribution in [2.45, 2.75) is 16.4 Å². The van der Waals surface area contributed by atoms with E-state index in [9.17, 15) is 15.2 Å². The van der Waals surface area contributed by atoms with Crippen molar-refractivity contribution < 1.29 is 10.0 Å². The number of aliphatic hydroxyl groups is 1. The van der Waals surface area contributed by atoms with Crippen molar-refractivity contribution in [1.82, 2.24) is 0 Å². The van der Waals surface area contributed by atoms with Crippen LogP contribution in [0.4, 0.5) is 5.69 Å². The Bertz CT molecular complexity index is 619. The number of halogens is 1. The van der Waals surface area contributed by atoms with Crippen molar-refractivity contribution in [2.24, 2.45) is 0 Å². The van der Waals surface area contributed by atoms with Crippen molar-refractivity contribution in [3.05, 3.63) is 63.2 Å². The minimum atomic E-state index is -0.425. The molecule has 0 atom stereocenters. The number of nitro benzene ring substituents is 1. The smallest absolute Gasteiger partial charge is 0.283 e. The second-order valence-corrected chi connectivity index (χ2v) is 5.26. The summed E-state index contributed by atoms with van der Waals surface area (Å²) in [6, 6.07) is 11.5. The maximum absolute atomic E-state index is 11.0. The largest absolute Gasteiger partial charge is 0.392 e. The summed E-state index contributed by atoms with van der Waals surface area (Å²) in [6.45, 7) is -0.139. The van der Waals surface area contributed by atoms with Crippen LogP contribution in [0.15, 0.2) is 52.3 Å². The molecule has 0 amide bonds. The van der Waals surface area contributed by atoms with Crippen LogP contribution in [-0.4, -0.2) is 10.0 Å². The van der Waals surface area contributed by atoms with Gasteiger partial charge >= 0.3 is 0 Å². The number of nitro groups is 1. The SMILES string of the molecule is O=[N+]([O-])c1ccccc1Sc1cc(Cl)ccc1CO. The number of hydrogen-bond donors (Lipinski definition) is 1. The maximum Gasteiger partial charge on any atom is 0.283 e. The van der Waals surface area contributed by atoms with Gasteiger partial charge in [0, 0.05) is 16.0 Å². The van der Waals surface area contributed by atoms with Gasteiger partial charge in [-0.15, -0.1) is 0 Å². The second kappa shape index (κ2) is 6.06. The van der Waals surface area contributed by atoms with E-state index in [2.05, 4.69) is 0 Å². The highest BCUT2D eigenvalue weighted by atomic mass is 35.5. The van der Waals surface area contributed by atoms with Crippen molar-refractivity contribution in [3.63, 3.8) is 0 Å². The summed E-state index contributed by atoms with van der Waals surface area (Å²) in [6.07, 6.45) is 0. The third kappa shape index (κ3) is 3.26. The first-order chi connectivity index (χ1) is 9.11. The normalized spacial score (nSPS) is 10.4. The quantitative estimate of drug-likeness (QED) is 0.686. The summed E-state index contributed by atoms with van der Waals surface area (Å²) in [5, 5.41) is 20.8. The standard InChI is InChI=1S/C13H10ClNO3S/c14-10-6-5-9(8-16)13(7-10)19-12-4-2-1-3-11(12)15(17)18/h1-7,16H,8H2. The van der Waals surface area contributed by atoms with Crippen LogP contribution in [0.25, 0.3) is 0 Å². The molecule has 1 N–H and O–H groups in total. The van der Waals surface area contributed by atoms with E-state index in [1.165, 1.54) is 17.8 Å². The van der Waals surface area contributed by atoms with Gasteiger partial charge < -0.3 is 5.11 Å². The summed E-state index contributed by atoms with van der Waals surface area (Å²) < 4.78 is 0. The molecular formula is C13H10ClNO3S. The molecule has 0 bridgehead atoms. The number of rotatable bonds is 4. The van der Waals surface area contributed by atoms with Crippen LogP contribution in [0.1, 0.15) is 5.56 Å². The maximum atomic E-state index is 11.0. The molecule has 0 radical (unpaired) electrons. The molecule has 0 saturated heterocycles. The number of para-hydroxylation sites is 1. The molecule has 0 saturated carbocycles. The van der Waals surface area contributed by atoms with Gasteiger partial charge in [-0.25, -0.2) is 0 Å². The lowest BCUT2D eigenvalue weighted by Gasteiger charge is -2.07. The van der Waals surface area contributed by atoms with Crippen LogP contribution >= 0.6 is 23.4 Å². The molecule has 6 heteroatoms. The highest BCUT2D eigenvalue weighted by Gasteiger charge is 2.15. The molecule has 0 spiro atoms. The van der Waals surface area contributed by atoms with Crippen LogP contribution in [0.2, 0.25) is 5.02 Å². The lowest BCUT2D eigenvalue weighted by atomic mass is 10.2. The van der Waals surface area contributed by atoms with E-state index in [0.29, 0.717) is 20.4 Å². The Labute approximate surface area is 119 Å². The first-order valence-corrected chi connectivity index (χ1v) is 6.62. The van der Waals surface area contributed by atoms with E-state index in [4.69, 9.17) is 11.6 Å². The molecule has 2 aromatic carbocycles. The number of nitrogens with zero attached hydrogens (tertiary/aromatic N) is 1. The van der Waals surface area contributed by atoms with Crippen molar-refractivity contribution in [3.8, 4) is 0 Å². The fraction of sp³-hybridized carbons (Fsp3) is 0.0769. The average molecular weight is 296 g/mol. The summed E-state index contributed by atoms with van der Waals surface area (Å²) in [5.41, 5.74) is 0.726. The van der Waals surface area contributed by atoms with Gasteiger partial charge in [0.25, 0.3) is 5.69 Å². The van der Waals surface area contributed by atoms with Crippen LogP contribution in [0.3, 0.4) is 0 Å². The van der Waals surface area contributed by atoms with Gasteiger partial charge in [-0.1, -0.05) is 41.6 Å². The summed E-state index contributed by atoms with van der Waals surface area (Å²) in [7, 11) is 0. The molecule has 4 nitrogen and oxygen atoms in total. The molecule has 0 fully saturated rings. The van der Waals surface area contributed by atoms with Gasteiger partial charge in [-0.3, -0.25) is 10.1 Å². The first kappa shape index (κ1) is 13.9. The Morgan fingerprint density at radius 3 is 2.63 bits per heavy atom. The topological polar surface area (TPSA) is 63.4 Å². The molecule has 0 aliphatic heterocycles. The third-order valence-corrected chi connectivity index (χ3v) is 3.88. The predicted octanol–water partition coefficient (Wildman–Crippen LogP) is 3.89. The summed E-state index contributed by atoms with van der Waals surface area (Å²) >= 11 is 7.14. The number of benzene rings is 2. The Morgan fingerprint density at radius 2 is 1.95 bits per heavy atom. The molecule has 0 unspecified atom stereocenters. The highest BCUT2D eigenvalue weighted by Crippen LogP contribution is 2.37. The fourth-order valence-corrected chi connectivity index (χ4v) is 2.88. The second-order valence-electron chi connectivity index (χ2n) is 3.74. The zero-order chi connectivity index (χ0) is 13.8.